The van der Waals surface area contributed by atoms with E-state index in [0.717, 1.165) is 5.56 Å². The molecular weight excluding hydrogens is 236 g/mol. The van der Waals surface area contributed by atoms with Crippen LogP contribution >= 0.6 is 0 Å². The minimum Gasteiger partial charge on any atom is -0.455 e. The topological polar surface area (TPSA) is 98.5 Å². The summed E-state index contributed by atoms with van der Waals surface area (Å²) in [4.78, 5) is 33.3. The number of hydrogen-bond donors (Lipinski definition) is 2. The highest BCUT2D eigenvalue weighted by Crippen LogP contribution is 2.00. The van der Waals surface area contributed by atoms with E-state index in [1.165, 1.54) is 0 Å². The molecule has 3 N–H and O–H groups in total. The Morgan fingerprint density at radius 1 is 1.17 bits per heavy atom. The third kappa shape index (κ3) is 4.75. The smallest absolute Gasteiger partial charge is 0.376 e. The Morgan fingerprint density at radius 2 is 1.83 bits per heavy atom. The van der Waals surface area contributed by atoms with E-state index in [2.05, 4.69) is 5.32 Å². The summed E-state index contributed by atoms with van der Waals surface area (Å²) in [6, 6.07) is 8.97. The number of carbonyl (C=O) groups excluding carboxylic acids is 3. The number of nitrogens with one attached hydrogen (secondary N) is 1. The van der Waals surface area contributed by atoms with Crippen molar-refractivity contribution in [3.63, 3.8) is 0 Å². The van der Waals surface area contributed by atoms with Gasteiger partial charge >= 0.3 is 5.97 Å². The number of ether oxygens (including phenoxy) is 1. The fourth-order valence-corrected chi connectivity index (χ4v) is 1.13. The van der Waals surface area contributed by atoms with Crippen LogP contribution in [0.25, 0.3) is 0 Å². The average molecular weight is 250 g/mol. The first-order valence-electron chi connectivity index (χ1n) is 5.34. The van der Waals surface area contributed by atoms with Crippen LogP contribution < -0.4 is 11.1 Å². The lowest BCUT2D eigenvalue weighted by molar-refractivity contribution is -0.154. The summed E-state index contributed by atoms with van der Waals surface area (Å²) >= 11 is 0. The van der Waals surface area contributed by atoms with Crippen molar-refractivity contribution in [3.05, 3.63) is 35.9 Å². The molecule has 0 aliphatic heterocycles. The minimum atomic E-state index is -0.976. The Kier molecular flexibility index (Phi) is 5.53. The van der Waals surface area contributed by atoms with Crippen molar-refractivity contribution >= 4 is 17.7 Å². The second-order valence-corrected chi connectivity index (χ2v) is 3.47. The molecule has 0 atom stereocenters. The first-order valence-corrected chi connectivity index (χ1v) is 5.34. The van der Waals surface area contributed by atoms with E-state index in [4.69, 9.17) is 10.5 Å². The maximum absolute atomic E-state index is 11.3. The molecule has 1 aromatic carbocycles. The molecule has 0 saturated carbocycles. The van der Waals surface area contributed by atoms with E-state index in [9.17, 15) is 14.4 Å². The van der Waals surface area contributed by atoms with Gasteiger partial charge in [-0.1, -0.05) is 30.3 Å². The Labute approximate surface area is 104 Å². The van der Waals surface area contributed by atoms with Crippen LogP contribution in [0.3, 0.4) is 0 Å². The zero-order valence-corrected chi connectivity index (χ0v) is 9.72. The molecule has 6 heteroatoms. The monoisotopic (exact) mass is 250 g/mol. The summed E-state index contributed by atoms with van der Waals surface area (Å²) < 4.78 is 4.78. The van der Waals surface area contributed by atoms with Crippen LogP contribution in [0.1, 0.15) is 5.56 Å². The lowest BCUT2D eigenvalue weighted by atomic mass is 10.2. The van der Waals surface area contributed by atoms with Crippen molar-refractivity contribution in [1.82, 2.24) is 5.32 Å². The Hall–Kier alpha value is -2.21. The number of Topliss-reactive ketones (excluding diaryl/α,β-unsaturated/α-hetero) is 1. The van der Waals surface area contributed by atoms with Gasteiger partial charge in [0.2, 0.25) is 5.91 Å². The van der Waals surface area contributed by atoms with Crippen molar-refractivity contribution in [1.29, 1.82) is 0 Å². The molecule has 0 aliphatic carbocycles. The molecule has 0 bridgehead atoms. The number of esters is 1. The second-order valence-electron chi connectivity index (χ2n) is 3.47. The summed E-state index contributed by atoms with van der Waals surface area (Å²) in [7, 11) is 0. The van der Waals surface area contributed by atoms with E-state index >= 15 is 0 Å². The van der Waals surface area contributed by atoms with Gasteiger partial charge in [-0.3, -0.25) is 9.59 Å². The van der Waals surface area contributed by atoms with Crippen molar-refractivity contribution in [3.8, 4) is 0 Å². The molecule has 1 aromatic rings. The SMILES string of the molecule is NCC(=O)NCC(=O)C(=O)OCc1ccccc1. The minimum absolute atomic E-state index is 0.0241. The quantitative estimate of drug-likeness (QED) is 0.517. The molecule has 0 fully saturated rings. The van der Waals surface area contributed by atoms with Gasteiger partial charge in [0.05, 0.1) is 13.1 Å². The van der Waals surface area contributed by atoms with Gasteiger partial charge in [-0.15, -0.1) is 0 Å². The van der Waals surface area contributed by atoms with Crippen LogP contribution in [0.2, 0.25) is 0 Å². The van der Waals surface area contributed by atoms with Crippen LogP contribution in [0, 0.1) is 0 Å². The Balaban J connectivity index is 2.32. The van der Waals surface area contributed by atoms with E-state index in [1.54, 1.807) is 24.3 Å². The maximum Gasteiger partial charge on any atom is 0.376 e. The number of rotatable bonds is 6. The summed E-state index contributed by atoms with van der Waals surface area (Å²) in [5, 5.41) is 2.20. The molecule has 96 valence electrons. The predicted octanol–water partition coefficient (Wildman–Crippen LogP) is -0.626. The van der Waals surface area contributed by atoms with Crippen LogP contribution in [-0.4, -0.2) is 30.7 Å². The largest absolute Gasteiger partial charge is 0.455 e. The van der Waals surface area contributed by atoms with Gasteiger partial charge < -0.3 is 15.8 Å². The van der Waals surface area contributed by atoms with Crippen molar-refractivity contribution in [2.45, 2.75) is 6.61 Å². The van der Waals surface area contributed by atoms with E-state index in [1.807, 2.05) is 6.07 Å². The molecule has 0 aliphatic rings. The second kappa shape index (κ2) is 7.18. The van der Waals surface area contributed by atoms with Crippen LogP contribution in [-0.2, 0) is 25.7 Å². The summed E-state index contributed by atoms with van der Waals surface area (Å²) in [6.45, 7) is -0.605. The van der Waals surface area contributed by atoms with Crippen LogP contribution in [0.4, 0.5) is 0 Å². The third-order valence-corrected chi connectivity index (χ3v) is 2.07. The number of ketones is 1. The average Bonchev–Trinajstić information content (AvgIpc) is 2.42. The van der Waals surface area contributed by atoms with E-state index in [-0.39, 0.29) is 13.2 Å². The van der Waals surface area contributed by atoms with E-state index < -0.39 is 24.2 Å². The van der Waals surface area contributed by atoms with Gasteiger partial charge in [0.15, 0.2) is 0 Å². The highest BCUT2D eigenvalue weighted by molar-refractivity contribution is 6.34. The molecule has 0 unspecified atom stereocenters. The fraction of sp³-hybridized carbons (Fsp3) is 0.250. The van der Waals surface area contributed by atoms with Gasteiger partial charge in [-0.25, -0.2) is 4.79 Å². The highest BCUT2D eigenvalue weighted by atomic mass is 16.5. The first kappa shape index (κ1) is 13.9. The molecule has 18 heavy (non-hydrogen) atoms. The molecule has 1 rings (SSSR count). The first-order chi connectivity index (χ1) is 8.63. The van der Waals surface area contributed by atoms with Gasteiger partial charge in [0.1, 0.15) is 6.61 Å². The lowest BCUT2D eigenvalue weighted by Crippen LogP contribution is -2.37. The van der Waals surface area contributed by atoms with Crippen molar-refractivity contribution in [2.75, 3.05) is 13.1 Å². The van der Waals surface area contributed by atoms with Gasteiger partial charge in [0, 0.05) is 0 Å². The molecule has 0 saturated heterocycles. The lowest BCUT2D eigenvalue weighted by Gasteiger charge is -2.04. The molecule has 0 radical (unpaired) electrons. The number of nitrogens with two attached hydrogens (primary N) is 1. The van der Waals surface area contributed by atoms with Gasteiger partial charge in [-0.05, 0) is 5.56 Å². The van der Waals surface area contributed by atoms with Gasteiger partial charge in [0.25, 0.3) is 5.78 Å². The fourth-order valence-electron chi connectivity index (χ4n) is 1.13. The molecule has 1 amide bonds. The maximum atomic E-state index is 11.3. The molecule has 0 spiro atoms. The molecule has 0 aromatic heterocycles. The van der Waals surface area contributed by atoms with Crippen molar-refractivity contribution < 1.29 is 19.1 Å². The number of benzene rings is 1. The third-order valence-electron chi connectivity index (χ3n) is 2.07. The van der Waals surface area contributed by atoms with Crippen LogP contribution in [0.15, 0.2) is 30.3 Å². The standard InChI is InChI=1S/C12H14N2O4/c13-6-11(16)14-7-10(15)12(17)18-8-9-4-2-1-3-5-9/h1-5H,6-8,13H2,(H,14,16). The normalized spacial score (nSPS) is 9.61. The zero-order chi connectivity index (χ0) is 13.4. The number of amides is 1. The number of carbonyl (C=O) groups is 3. The molecule has 0 heterocycles. The summed E-state index contributed by atoms with van der Waals surface area (Å²) in [6.07, 6.45) is 0. The summed E-state index contributed by atoms with van der Waals surface area (Å²) in [5.74, 6) is -2.29. The zero-order valence-electron chi connectivity index (χ0n) is 9.72. The predicted molar refractivity (Wildman–Crippen MR) is 63.3 cm³/mol. The Bertz CT molecular complexity index is 431. The summed E-state index contributed by atoms with van der Waals surface area (Å²) in [5.41, 5.74) is 5.81. The van der Waals surface area contributed by atoms with Crippen LogP contribution in [0.5, 0.6) is 0 Å². The molecule has 6 nitrogen and oxygen atoms in total. The molecular formula is C12H14N2O4. The highest BCUT2D eigenvalue weighted by Gasteiger charge is 2.15. The van der Waals surface area contributed by atoms with Crippen molar-refractivity contribution in [2.24, 2.45) is 5.73 Å². The van der Waals surface area contributed by atoms with Gasteiger partial charge in [-0.2, -0.15) is 0 Å². The van der Waals surface area contributed by atoms with E-state index in [0.29, 0.717) is 0 Å². The Morgan fingerprint density at radius 3 is 2.44 bits per heavy atom. The number of hydrogen-bond acceptors (Lipinski definition) is 5.